The van der Waals surface area contributed by atoms with Gasteiger partial charge in [0.1, 0.15) is 6.26 Å². The first-order valence-electron chi connectivity index (χ1n) is 3.06. The van der Waals surface area contributed by atoms with E-state index in [1.807, 2.05) is 0 Å². The molecule has 0 saturated carbocycles. The van der Waals surface area contributed by atoms with E-state index in [9.17, 15) is 8.78 Å². The van der Waals surface area contributed by atoms with Crippen LogP contribution in [0.25, 0.3) is 0 Å². The molecule has 0 amide bonds. The van der Waals surface area contributed by atoms with E-state index in [1.54, 1.807) is 0 Å². The number of hydrogen-bond acceptors (Lipinski definition) is 3. The quantitative estimate of drug-likeness (QED) is 0.726. The first-order chi connectivity index (χ1) is 5.17. The molecule has 1 heterocycles. The molecular weight excluding hydrogens is 156 g/mol. The molecule has 1 rings (SSSR count). The normalized spacial score (nSPS) is 11.9. The highest BCUT2D eigenvalue weighted by molar-refractivity contribution is 5.03. The van der Waals surface area contributed by atoms with Gasteiger partial charge in [0.15, 0.2) is 5.69 Å². The second-order valence-corrected chi connectivity index (χ2v) is 2.06. The molecule has 0 spiro atoms. The zero-order valence-corrected chi connectivity index (χ0v) is 5.63. The number of alkyl halides is 2. The second kappa shape index (κ2) is 2.96. The Hall–Kier alpha value is -0.970. The molecule has 5 heteroatoms. The van der Waals surface area contributed by atoms with Crippen LogP contribution in [-0.2, 0) is 5.92 Å². The number of hydrogen-bond donors (Lipinski definition) is 1. The van der Waals surface area contributed by atoms with Crippen LogP contribution in [0.1, 0.15) is 12.1 Å². The molecule has 0 unspecified atom stereocenters. The third-order valence-corrected chi connectivity index (χ3v) is 1.24. The van der Waals surface area contributed by atoms with Crippen molar-refractivity contribution in [3.63, 3.8) is 0 Å². The lowest BCUT2D eigenvalue weighted by Crippen LogP contribution is -2.15. The molecule has 1 aromatic rings. The van der Waals surface area contributed by atoms with Crippen molar-refractivity contribution in [1.82, 2.24) is 5.16 Å². The van der Waals surface area contributed by atoms with Crippen molar-refractivity contribution in [2.75, 3.05) is 6.61 Å². The van der Waals surface area contributed by atoms with Crippen LogP contribution < -0.4 is 0 Å². The SMILES string of the molecule is OCCC(F)(F)c1ccon1. The maximum Gasteiger partial charge on any atom is 0.295 e. The van der Waals surface area contributed by atoms with Gasteiger partial charge in [-0.3, -0.25) is 0 Å². The van der Waals surface area contributed by atoms with Crippen LogP contribution in [0.4, 0.5) is 8.78 Å². The molecule has 0 aliphatic rings. The molecule has 0 aliphatic heterocycles. The molecule has 0 saturated heterocycles. The summed E-state index contributed by atoms with van der Waals surface area (Å²) in [5, 5.41) is 11.3. The van der Waals surface area contributed by atoms with Crippen LogP contribution >= 0.6 is 0 Å². The van der Waals surface area contributed by atoms with Crippen molar-refractivity contribution in [3.8, 4) is 0 Å². The fourth-order valence-electron chi connectivity index (χ4n) is 0.670. The number of nitrogens with zero attached hydrogens (tertiary/aromatic N) is 1. The minimum absolute atomic E-state index is 0.438. The largest absolute Gasteiger partial charge is 0.396 e. The third-order valence-electron chi connectivity index (χ3n) is 1.24. The fourth-order valence-corrected chi connectivity index (χ4v) is 0.670. The highest BCUT2D eigenvalue weighted by Crippen LogP contribution is 2.29. The standard InChI is InChI=1S/C6H7F2NO2/c7-6(8,2-3-10)5-1-4-11-9-5/h1,4,10H,2-3H2. The maximum absolute atomic E-state index is 12.7. The average molecular weight is 163 g/mol. The molecule has 1 N–H and O–H groups in total. The summed E-state index contributed by atoms with van der Waals surface area (Å²) >= 11 is 0. The van der Waals surface area contributed by atoms with Gasteiger partial charge in [0.2, 0.25) is 0 Å². The van der Waals surface area contributed by atoms with Gasteiger partial charge >= 0.3 is 0 Å². The predicted molar refractivity (Wildman–Crippen MR) is 32.1 cm³/mol. The van der Waals surface area contributed by atoms with Gasteiger partial charge in [-0.05, 0) is 0 Å². The minimum atomic E-state index is -3.08. The van der Waals surface area contributed by atoms with Crippen LogP contribution in [0, 0.1) is 0 Å². The highest BCUT2D eigenvalue weighted by Gasteiger charge is 2.33. The lowest BCUT2D eigenvalue weighted by Gasteiger charge is -2.09. The smallest absolute Gasteiger partial charge is 0.295 e. The van der Waals surface area contributed by atoms with Gasteiger partial charge in [0.25, 0.3) is 5.92 Å². The Morgan fingerprint density at radius 2 is 2.36 bits per heavy atom. The molecule has 0 atom stereocenters. The van der Waals surface area contributed by atoms with Crippen molar-refractivity contribution >= 4 is 0 Å². The molecule has 0 aliphatic carbocycles. The zero-order valence-electron chi connectivity index (χ0n) is 5.63. The summed E-state index contributed by atoms with van der Waals surface area (Å²) in [5.74, 6) is -3.08. The number of rotatable bonds is 3. The lowest BCUT2D eigenvalue weighted by molar-refractivity contribution is -0.0333. The number of aromatic nitrogens is 1. The third kappa shape index (κ3) is 1.74. The summed E-state index contributed by atoms with van der Waals surface area (Å²) < 4.78 is 29.6. The molecule has 0 bridgehead atoms. The Morgan fingerprint density at radius 1 is 1.64 bits per heavy atom. The topological polar surface area (TPSA) is 46.3 Å². The Labute approximate surface area is 61.6 Å². The van der Waals surface area contributed by atoms with Gasteiger partial charge in [-0.1, -0.05) is 5.16 Å². The van der Waals surface area contributed by atoms with E-state index in [1.165, 1.54) is 0 Å². The molecule has 0 radical (unpaired) electrons. The van der Waals surface area contributed by atoms with Crippen molar-refractivity contribution in [1.29, 1.82) is 0 Å². The van der Waals surface area contributed by atoms with Gasteiger partial charge in [-0.25, -0.2) is 0 Å². The van der Waals surface area contributed by atoms with Crippen molar-refractivity contribution in [2.24, 2.45) is 0 Å². The summed E-state index contributed by atoms with van der Waals surface area (Å²) in [5.41, 5.74) is -0.438. The molecular formula is C6H7F2NO2. The highest BCUT2D eigenvalue weighted by atomic mass is 19.3. The van der Waals surface area contributed by atoms with E-state index in [4.69, 9.17) is 5.11 Å². The van der Waals surface area contributed by atoms with Crippen LogP contribution in [0.15, 0.2) is 16.9 Å². The molecule has 0 fully saturated rings. The summed E-state index contributed by atoms with van der Waals surface area (Å²) in [6, 6.07) is 1.08. The van der Waals surface area contributed by atoms with Crippen LogP contribution in [0.3, 0.4) is 0 Å². The van der Waals surface area contributed by atoms with E-state index in [2.05, 4.69) is 9.68 Å². The summed E-state index contributed by atoms with van der Waals surface area (Å²) in [6.07, 6.45) is 0.445. The molecule has 3 nitrogen and oxygen atoms in total. The zero-order chi connectivity index (χ0) is 8.32. The van der Waals surface area contributed by atoms with Gasteiger partial charge in [-0.2, -0.15) is 8.78 Å². The molecule has 1 aromatic heterocycles. The lowest BCUT2D eigenvalue weighted by atomic mass is 10.2. The van der Waals surface area contributed by atoms with Crippen LogP contribution in [-0.4, -0.2) is 16.9 Å². The van der Waals surface area contributed by atoms with Crippen molar-refractivity contribution < 1.29 is 18.4 Å². The minimum Gasteiger partial charge on any atom is -0.396 e. The van der Waals surface area contributed by atoms with Gasteiger partial charge in [-0.15, -0.1) is 0 Å². The van der Waals surface area contributed by atoms with Crippen LogP contribution in [0.2, 0.25) is 0 Å². The second-order valence-electron chi connectivity index (χ2n) is 2.06. The molecule has 0 aromatic carbocycles. The van der Waals surface area contributed by atoms with Crippen molar-refractivity contribution in [3.05, 3.63) is 18.0 Å². The average Bonchev–Trinajstić information content (AvgIpc) is 2.37. The van der Waals surface area contributed by atoms with Crippen LogP contribution in [0.5, 0.6) is 0 Å². The monoisotopic (exact) mass is 163 g/mol. The van der Waals surface area contributed by atoms with E-state index >= 15 is 0 Å². The summed E-state index contributed by atoms with van der Waals surface area (Å²) in [4.78, 5) is 0. The van der Waals surface area contributed by atoms with E-state index < -0.39 is 24.6 Å². The maximum atomic E-state index is 12.7. The van der Waals surface area contributed by atoms with Gasteiger partial charge in [0.05, 0.1) is 0 Å². The summed E-state index contributed by atoms with van der Waals surface area (Å²) in [7, 11) is 0. The molecule has 62 valence electrons. The van der Waals surface area contributed by atoms with E-state index in [0.29, 0.717) is 0 Å². The number of halogens is 2. The number of aliphatic hydroxyl groups is 1. The fraction of sp³-hybridized carbons (Fsp3) is 0.500. The number of aliphatic hydroxyl groups excluding tert-OH is 1. The first kappa shape index (κ1) is 8.13. The summed E-state index contributed by atoms with van der Waals surface area (Å²) in [6.45, 7) is -0.570. The van der Waals surface area contributed by atoms with Gasteiger partial charge in [0, 0.05) is 19.1 Å². The van der Waals surface area contributed by atoms with Crippen molar-refractivity contribution in [2.45, 2.75) is 12.3 Å². The van der Waals surface area contributed by atoms with E-state index in [0.717, 1.165) is 12.3 Å². The Balaban J connectivity index is 2.73. The first-order valence-corrected chi connectivity index (χ1v) is 3.06. The Kier molecular flexibility index (Phi) is 2.19. The Bertz CT molecular complexity index is 210. The predicted octanol–water partition coefficient (Wildman–Crippen LogP) is 1.15. The Morgan fingerprint density at radius 3 is 2.82 bits per heavy atom. The molecule has 11 heavy (non-hydrogen) atoms. The van der Waals surface area contributed by atoms with E-state index in [-0.39, 0.29) is 0 Å². The van der Waals surface area contributed by atoms with Gasteiger partial charge < -0.3 is 9.63 Å².